The van der Waals surface area contributed by atoms with E-state index in [0.29, 0.717) is 22.6 Å². The highest BCUT2D eigenvalue weighted by molar-refractivity contribution is 6.11. The quantitative estimate of drug-likeness (QED) is 0.689. The molecule has 5 heteroatoms. The number of hydrogen-bond acceptors (Lipinski definition) is 3. The zero-order chi connectivity index (χ0) is 18.3. The summed E-state index contributed by atoms with van der Waals surface area (Å²) in [4.78, 5) is 12.6. The van der Waals surface area contributed by atoms with Gasteiger partial charge in [-0.15, -0.1) is 0 Å². The van der Waals surface area contributed by atoms with Gasteiger partial charge in [-0.05, 0) is 42.5 Å². The number of benzene rings is 2. The molecule has 3 aromatic rings. The van der Waals surface area contributed by atoms with Crippen molar-refractivity contribution in [3.63, 3.8) is 0 Å². The number of nitrogens with one attached hydrogen (secondary N) is 2. The zero-order valence-electron chi connectivity index (χ0n) is 14.9. The molecule has 134 valence electrons. The topological polar surface area (TPSA) is 54.3 Å². The van der Waals surface area contributed by atoms with Gasteiger partial charge in [-0.2, -0.15) is 0 Å². The third kappa shape index (κ3) is 2.64. The molecular formula is C21H21FN2O2. The fourth-order valence-corrected chi connectivity index (χ4v) is 3.69. The molecular weight excluding hydrogens is 331 g/mol. The molecule has 26 heavy (non-hydrogen) atoms. The summed E-state index contributed by atoms with van der Waals surface area (Å²) in [5.41, 5.74) is 3.45. The fourth-order valence-electron chi connectivity index (χ4n) is 3.69. The Kier molecular flexibility index (Phi) is 4.15. The summed E-state index contributed by atoms with van der Waals surface area (Å²) >= 11 is 0. The highest BCUT2D eigenvalue weighted by Gasteiger charge is 2.26. The first kappa shape index (κ1) is 16.6. The van der Waals surface area contributed by atoms with E-state index in [9.17, 15) is 9.18 Å². The molecule has 2 heterocycles. The highest BCUT2D eigenvalue weighted by Crippen LogP contribution is 2.40. The lowest BCUT2D eigenvalue weighted by molar-refractivity contribution is 0.0964. The summed E-state index contributed by atoms with van der Waals surface area (Å²) in [6.45, 7) is 3.10. The third-order valence-corrected chi connectivity index (χ3v) is 5.09. The maximum atomic E-state index is 14.4. The van der Waals surface area contributed by atoms with E-state index in [1.165, 1.54) is 11.6 Å². The molecule has 1 aliphatic heterocycles. The molecule has 0 fully saturated rings. The van der Waals surface area contributed by atoms with E-state index in [1.807, 2.05) is 12.1 Å². The second-order valence-corrected chi connectivity index (χ2v) is 6.77. The number of anilines is 1. The monoisotopic (exact) mass is 352 g/mol. The molecule has 0 saturated carbocycles. The largest absolute Gasteiger partial charge is 0.455 e. The van der Waals surface area contributed by atoms with Gasteiger partial charge < -0.3 is 15.1 Å². The molecule has 0 aliphatic carbocycles. The summed E-state index contributed by atoms with van der Waals surface area (Å²) in [7, 11) is 1.57. The van der Waals surface area contributed by atoms with Crippen molar-refractivity contribution in [2.75, 3.05) is 18.9 Å². The van der Waals surface area contributed by atoms with Crippen molar-refractivity contribution >= 4 is 22.6 Å². The Bertz CT molecular complexity index is 993. The Balaban J connectivity index is 2.01. The average Bonchev–Trinajstić information content (AvgIpc) is 2.92. The minimum absolute atomic E-state index is 0.269. The zero-order valence-corrected chi connectivity index (χ0v) is 14.9. The number of hydrogen-bond donors (Lipinski definition) is 2. The maximum Gasteiger partial charge on any atom is 0.255 e. The smallest absolute Gasteiger partial charge is 0.255 e. The first-order valence-electron chi connectivity index (χ1n) is 8.91. The van der Waals surface area contributed by atoms with Crippen molar-refractivity contribution in [3.05, 3.63) is 53.3 Å². The van der Waals surface area contributed by atoms with Crippen molar-refractivity contribution < 1.29 is 13.6 Å². The Morgan fingerprint density at radius 3 is 2.88 bits per heavy atom. The van der Waals surface area contributed by atoms with Crippen LogP contribution in [-0.4, -0.2) is 19.5 Å². The molecule has 4 nitrogen and oxygen atoms in total. The molecule has 1 atom stereocenters. The van der Waals surface area contributed by atoms with Crippen molar-refractivity contribution in [2.24, 2.45) is 0 Å². The number of halogens is 1. The summed E-state index contributed by atoms with van der Waals surface area (Å²) < 4.78 is 20.4. The third-order valence-electron chi connectivity index (χ3n) is 5.09. The van der Waals surface area contributed by atoms with Gasteiger partial charge in [-0.25, -0.2) is 4.39 Å². The van der Waals surface area contributed by atoms with Crippen molar-refractivity contribution in [1.29, 1.82) is 0 Å². The van der Waals surface area contributed by atoms with Gasteiger partial charge in [0.05, 0.1) is 11.1 Å². The Hall–Kier alpha value is -2.82. The van der Waals surface area contributed by atoms with E-state index < -0.39 is 5.82 Å². The van der Waals surface area contributed by atoms with Crippen molar-refractivity contribution in [2.45, 2.75) is 25.7 Å². The van der Waals surface area contributed by atoms with Gasteiger partial charge in [-0.3, -0.25) is 4.79 Å². The van der Waals surface area contributed by atoms with E-state index in [4.69, 9.17) is 4.42 Å². The van der Waals surface area contributed by atoms with Crippen LogP contribution in [0.5, 0.6) is 0 Å². The normalized spacial score (nSPS) is 16.7. The predicted molar refractivity (Wildman–Crippen MR) is 101 cm³/mol. The van der Waals surface area contributed by atoms with E-state index >= 15 is 0 Å². The van der Waals surface area contributed by atoms with Crippen LogP contribution in [0.2, 0.25) is 0 Å². The first-order chi connectivity index (χ1) is 12.6. The van der Waals surface area contributed by atoms with Crippen LogP contribution in [0.1, 0.15) is 41.6 Å². The molecule has 1 aliphatic rings. The Morgan fingerprint density at radius 2 is 2.12 bits per heavy atom. The van der Waals surface area contributed by atoms with Gasteiger partial charge in [-0.1, -0.05) is 19.1 Å². The van der Waals surface area contributed by atoms with E-state index in [0.717, 1.165) is 30.5 Å². The highest BCUT2D eigenvalue weighted by atomic mass is 19.1. The van der Waals surface area contributed by atoms with E-state index in [-0.39, 0.29) is 11.7 Å². The molecule has 1 unspecified atom stereocenters. The van der Waals surface area contributed by atoms with E-state index in [2.05, 4.69) is 17.6 Å². The van der Waals surface area contributed by atoms with Crippen LogP contribution in [0, 0.1) is 5.82 Å². The summed E-state index contributed by atoms with van der Waals surface area (Å²) in [6, 6.07) is 10.3. The molecule has 0 bridgehead atoms. The molecule has 2 aromatic carbocycles. The molecule has 0 spiro atoms. The molecule has 0 saturated heterocycles. The van der Waals surface area contributed by atoms with Gasteiger partial charge >= 0.3 is 0 Å². The van der Waals surface area contributed by atoms with Crippen LogP contribution >= 0.6 is 0 Å². The lowest BCUT2D eigenvalue weighted by Crippen LogP contribution is -2.18. The summed E-state index contributed by atoms with van der Waals surface area (Å²) in [6.07, 6.45) is 2.18. The number of fused-ring (bicyclic) bond motifs is 2. The number of carbonyl (C=O) groups excluding carboxylic acids is 1. The number of amides is 1. The first-order valence-corrected chi connectivity index (χ1v) is 8.91. The predicted octanol–water partition coefficient (Wildman–Crippen LogP) is 4.91. The second-order valence-electron chi connectivity index (χ2n) is 6.77. The summed E-state index contributed by atoms with van der Waals surface area (Å²) in [5, 5.41) is 6.81. The van der Waals surface area contributed by atoms with Crippen LogP contribution in [0.4, 0.5) is 10.1 Å². The number of furan rings is 1. The molecule has 2 N–H and O–H groups in total. The van der Waals surface area contributed by atoms with Gasteiger partial charge in [0, 0.05) is 30.7 Å². The van der Waals surface area contributed by atoms with Gasteiger partial charge in [0.2, 0.25) is 0 Å². The maximum absolute atomic E-state index is 14.4. The second kappa shape index (κ2) is 6.48. The van der Waals surface area contributed by atoms with Crippen LogP contribution in [-0.2, 0) is 0 Å². The fraction of sp³-hybridized carbons (Fsp3) is 0.286. The van der Waals surface area contributed by atoms with Crippen molar-refractivity contribution in [3.8, 4) is 11.3 Å². The van der Waals surface area contributed by atoms with Gasteiger partial charge in [0.15, 0.2) is 5.76 Å². The standard InChI is InChI=1S/C21H21FN2O2/c1-12-6-5-9-24-17-11-18-15(10-14(12)17)19(21(25)23-2)20(26-18)13-7-3-4-8-16(13)22/h3-4,7-8,10-12,24H,5-6,9H2,1-2H3,(H,23,25). The average molecular weight is 352 g/mol. The number of rotatable bonds is 2. The van der Waals surface area contributed by atoms with Crippen LogP contribution in [0.3, 0.4) is 0 Å². The Labute approximate surface area is 151 Å². The SMILES string of the molecule is CNC(=O)c1c(-c2ccccc2F)oc2cc3c(cc12)C(C)CCCN3. The molecule has 4 rings (SSSR count). The Morgan fingerprint density at radius 1 is 1.31 bits per heavy atom. The van der Waals surface area contributed by atoms with Crippen LogP contribution < -0.4 is 10.6 Å². The van der Waals surface area contributed by atoms with Crippen LogP contribution in [0.25, 0.3) is 22.3 Å². The molecule has 0 radical (unpaired) electrons. The van der Waals surface area contributed by atoms with Crippen molar-refractivity contribution in [1.82, 2.24) is 5.32 Å². The minimum atomic E-state index is -0.412. The number of carbonyl (C=O) groups is 1. The lowest BCUT2D eigenvalue weighted by Gasteiger charge is -2.12. The molecule has 1 amide bonds. The lowest BCUT2D eigenvalue weighted by atomic mass is 9.93. The van der Waals surface area contributed by atoms with Gasteiger partial charge in [0.25, 0.3) is 5.91 Å². The van der Waals surface area contributed by atoms with Crippen LogP contribution in [0.15, 0.2) is 40.8 Å². The minimum Gasteiger partial charge on any atom is -0.455 e. The molecule has 1 aromatic heterocycles. The summed E-state index contributed by atoms with van der Waals surface area (Å²) in [5.74, 6) is -0.0417. The van der Waals surface area contributed by atoms with E-state index in [1.54, 1.807) is 25.2 Å². The van der Waals surface area contributed by atoms with Gasteiger partial charge in [0.1, 0.15) is 11.4 Å².